The van der Waals surface area contributed by atoms with Crippen LogP contribution in [0.2, 0.25) is 0 Å². The zero-order valence-electron chi connectivity index (χ0n) is 18.1. The highest BCUT2D eigenvalue weighted by Gasteiger charge is 2.40. The third kappa shape index (κ3) is 3.39. The molecule has 29 heavy (non-hydrogen) atoms. The van der Waals surface area contributed by atoms with Gasteiger partial charge >= 0.3 is 0 Å². The molecular formula is C25H31NO3. The number of nitrogens with zero attached hydrogens (tertiary/aromatic N) is 1. The van der Waals surface area contributed by atoms with Crippen LogP contribution in [-0.4, -0.2) is 28.5 Å². The van der Waals surface area contributed by atoms with Crippen LogP contribution in [0, 0.1) is 6.92 Å². The third-order valence-electron chi connectivity index (χ3n) is 6.19. The molecule has 4 rings (SSSR count). The molecule has 4 heteroatoms. The molecule has 0 spiro atoms. The van der Waals surface area contributed by atoms with Crippen LogP contribution in [0.4, 0.5) is 0 Å². The number of carbonyl (C=O) groups excluding carboxylic acids is 1. The van der Waals surface area contributed by atoms with Gasteiger partial charge in [-0.05, 0) is 57.7 Å². The minimum Gasteiger partial charge on any atom is -0.506 e. The number of benzene rings is 2. The molecule has 4 nitrogen and oxygen atoms in total. The van der Waals surface area contributed by atoms with Gasteiger partial charge < -0.3 is 14.7 Å². The standard InChI is InChI=1S/C25H31NO3/c1-6-7-8-9-17-13-20-22(23(27)21(17)24(28)26-14-16(26)3)18-12-15(2)10-11-19(18)25(4,5)29-20/h10-13,16,27H,6-9,14H2,1-5H3/t16-,26?/m0/s1. The molecule has 0 bridgehead atoms. The molecular weight excluding hydrogens is 362 g/mol. The SMILES string of the molecule is CCCCCc1cc2c(c(O)c1C(=O)N1C[C@@H]1C)-c1cc(C)ccc1C(C)(C)O2. The van der Waals surface area contributed by atoms with Gasteiger partial charge in [-0.1, -0.05) is 43.5 Å². The maximum absolute atomic E-state index is 13.2. The molecule has 2 aromatic carbocycles. The maximum Gasteiger partial charge on any atom is 0.258 e. The van der Waals surface area contributed by atoms with Crippen LogP contribution < -0.4 is 4.74 Å². The van der Waals surface area contributed by atoms with Crippen molar-refractivity contribution >= 4 is 5.91 Å². The van der Waals surface area contributed by atoms with Gasteiger partial charge in [0.25, 0.3) is 5.91 Å². The zero-order valence-corrected chi connectivity index (χ0v) is 18.1. The van der Waals surface area contributed by atoms with E-state index in [1.165, 1.54) is 0 Å². The molecule has 2 aromatic rings. The fourth-order valence-electron chi connectivity index (χ4n) is 4.42. The molecule has 2 heterocycles. The average molecular weight is 394 g/mol. The van der Waals surface area contributed by atoms with Crippen molar-refractivity contribution in [3.05, 3.63) is 46.5 Å². The first kappa shape index (κ1) is 19.8. The monoisotopic (exact) mass is 393 g/mol. The van der Waals surface area contributed by atoms with Crippen LogP contribution in [-0.2, 0) is 12.0 Å². The van der Waals surface area contributed by atoms with Gasteiger partial charge in [-0.25, -0.2) is 0 Å². The first-order valence-corrected chi connectivity index (χ1v) is 10.7. The summed E-state index contributed by atoms with van der Waals surface area (Å²) in [4.78, 5) is 15.0. The summed E-state index contributed by atoms with van der Waals surface area (Å²) in [6, 6.07) is 8.46. The lowest BCUT2D eigenvalue weighted by Crippen LogP contribution is -2.30. The summed E-state index contributed by atoms with van der Waals surface area (Å²) in [5.74, 6) is 0.677. The van der Waals surface area contributed by atoms with Crippen molar-refractivity contribution in [3.63, 3.8) is 0 Å². The molecule has 0 unspecified atom stereocenters. The highest BCUT2D eigenvalue weighted by Crippen LogP contribution is 2.51. The van der Waals surface area contributed by atoms with Crippen molar-refractivity contribution in [2.75, 3.05) is 6.54 Å². The van der Waals surface area contributed by atoms with Crippen molar-refractivity contribution in [2.45, 2.75) is 71.9 Å². The highest BCUT2D eigenvalue weighted by molar-refractivity contribution is 6.03. The number of unbranched alkanes of at least 4 members (excludes halogenated alkanes) is 2. The Morgan fingerprint density at radius 2 is 2.00 bits per heavy atom. The summed E-state index contributed by atoms with van der Waals surface area (Å²) < 4.78 is 6.36. The summed E-state index contributed by atoms with van der Waals surface area (Å²) in [5, 5.41) is 11.4. The van der Waals surface area contributed by atoms with Crippen molar-refractivity contribution in [3.8, 4) is 22.6 Å². The summed E-state index contributed by atoms with van der Waals surface area (Å²) in [7, 11) is 0. The molecule has 1 N–H and O–H groups in total. The number of phenols is 1. The van der Waals surface area contributed by atoms with Gasteiger partial charge in [0.05, 0.1) is 11.1 Å². The van der Waals surface area contributed by atoms with E-state index in [0.717, 1.165) is 54.5 Å². The van der Waals surface area contributed by atoms with Crippen molar-refractivity contribution in [1.82, 2.24) is 4.90 Å². The van der Waals surface area contributed by atoms with Crippen molar-refractivity contribution in [1.29, 1.82) is 0 Å². The molecule has 0 aliphatic carbocycles. The number of hydrogen-bond acceptors (Lipinski definition) is 3. The van der Waals surface area contributed by atoms with Gasteiger partial charge in [0.1, 0.15) is 17.1 Å². The van der Waals surface area contributed by atoms with Crippen LogP contribution in [0.3, 0.4) is 0 Å². The van der Waals surface area contributed by atoms with E-state index in [9.17, 15) is 9.90 Å². The van der Waals surface area contributed by atoms with Crippen molar-refractivity contribution in [2.24, 2.45) is 0 Å². The Kier molecular flexibility index (Phi) is 4.84. The molecule has 1 atom stereocenters. The van der Waals surface area contributed by atoms with E-state index in [2.05, 4.69) is 39.0 Å². The first-order valence-electron chi connectivity index (χ1n) is 10.7. The lowest BCUT2D eigenvalue weighted by Gasteiger charge is -2.36. The molecule has 1 amide bonds. The first-order chi connectivity index (χ1) is 13.7. The van der Waals surface area contributed by atoms with Gasteiger partial charge in [-0.15, -0.1) is 0 Å². The number of amides is 1. The predicted octanol–water partition coefficient (Wildman–Crippen LogP) is 5.57. The number of phenolic OH excluding ortho intramolecular Hbond substituents is 1. The quantitative estimate of drug-likeness (QED) is 0.533. The number of aromatic hydroxyl groups is 1. The summed E-state index contributed by atoms with van der Waals surface area (Å²) >= 11 is 0. The fourth-order valence-corrected chi connectivity index (χ4v) is 4.42. The fraction of sp³-hybridized carbons (Fsp3) is 0.480. The molecule has 2 aliphatic rings. The molecule has 154 valence electrons. The van der Waals surface area contributed by atoms with E-state index in [4.69, 9.17) is 4.74 Å². The maximum atomic E-state index is 13.2. The highest BCUT2D eigenvalue weighted by atomic mass is 16.5. The van der Waals surface area contributed by atoms with E-state index in [0.29, 0.717) is 16.9 Å². The number of fused-ring (bicyclic) bond motifs is 3. The summed E-state index contributed by atoms with van der Waals surface area (Å²) in [5.41, 5.74) is 4.62. The Bertz CT molecular complexity index is 977. The second-order valence-electron chi connectivity index (χ2n) is 9.06. The third-order valence-corrected chi connectivity index (χ3v) is 6.19. The van der Waals surface area contributed by atoms with Crippen LogP contribution >= 0.6 is 0 Å². The number of aryl methyl sites for hydroxylation is 2. The normalized spacial score (nSPS) is 18.7. The van der Waals surface area contributed by atoms with E-state index in [1.807, 2.05) is 24.8 Å². The lowest BCUT2D eigenvalue weighted by molar-refractivity contribution is 0.0871. The Hall–Kier alpha value is -2.49. The average Bonchev–Trinajstić information content (AvgIpc) is 3.37. The topological polar surface area (TPSA) is 49.5 Å². The van der Waals surface area contributed by atoms with Crippen LogP contribution in [0.1, 0.15) is 74.0 Å². The largest absolute Gasteiger partial charge is 0.506 e. The number of rotatable bonds is 5. The Morgan fingerprint density at radius 3 is 2.66 bits per heavy atom. The van der Waals surface area contributed by atoms with E-state index in [1.54, 1.807) is 0 Å². The predicted molar refractivity (Wildman–Crippen MR) is 116 cm³/mol. The smallest absolute Gasteiger partial charge is 0.258 e. The zero-order chi connectivity index (χ0) is 20.9. The van der Waals surface area contributed by atoms with Crippen molar-refractivity contribution < 1.29 is 14.6 Å². The Morgan fingerprint density at radius 1 is 1.28 bits per heavy atom. The van der Waals surface area contributed by atoms with Crippen LogP contribution in [0.15, 0.2) is 24.3 Å². The van der Waals surface area contributed by atoms with E-state index in [-0.39, 0.29) is 17.7 Å². The van der Waals surface area contributed by atoms with Gasteiger partial charge in [-0.3, -0.25) is 4.79 Å². The Labute approximate surface area is 173 Å². The number of hydrogen-bond donors (Lipinski definition) is 1. The van der Waals surface area contributed by atoms with Crippen LogP contribution in [0.5, 0.6) is 11.5 Å². The van der Waals surface area contributed by atoms with Gasteiger partial charge in [0.2, 0.25) is 0 Å². The second-order valence-corrected chi connectivity index (χ2v) is 9.06. The van der Waals surface area contributed by atoms with E-state index >= 15 is 0 Å². The summed E-state index contributed by atoms with van der Waals surface area (Å²) in [6.45, 7) is 11.1. The lowest BCUT2D eigenvalue weighted by atomic mass is 9.83. The number of ether oxygens (including phenoxy) is 1. The van der Waals surface area contributed by atoms with Crippen LogP contribution in [0.25, 0.3) is 11.1 Å². The Balaban J connectivity index is 1.91. The minimum absolute atomic E-state index is 0.0664. The molecule has 2 aliphatic heterocycles. The van der Waals surface area contributed by atoms with Gasteiger partial charge in [-0.2, -0.15) is 0 Å². The van der Waals surface area contributed by atoms with E-state index < -0.39 is 5.60 Å². The van der Waals surface area contributed by atoms with Gasteiger partial charge in [0, 0.05) is 18.2 Å². The molecule has 0 aromatic heterocycles. The molecule has 0 saturated carbocycles. The number of carbonyl (C=O) groups is 1. The minimum atomic E-state index is -0.497. The second kappa shape index (κ2) is 7.08. The van der Waals surface area contributed by atoms with Gasteiger partial charge in [0.15, 0.2) is 0 Å². The molecule has 1 saturated heterocycles. The summed E-state index contributed by atoms with van der Waals surface area (Å²) in [6.07, 6.45) is 3.96. The molecule has 1 fully saturated rings. The molecule has 0 radical (unpaired) electrons.